The molecule has 1 aromatic carbocycles. The molecule has 1 aromatic heterocycles. The Labute approximate surface area is 339 Å². The van der Waals surface area contributed by atoms with Gasteiger partial charge in [0.05, 0.1) is 31.0 Å². The van der Waals surface area contributed by atoms with Gasteiger partial charge in [-0.15, -0.1) is 6.58 Å². The lowest BCUT2D eigenvalue weighted by Crippen LogP contribution is -2.59. The first-order valence-corrected chi connectivity index (χ1v) is 22.6. The maximum atomic E-state index is 14.9. The van der Waals surface area contributed by atoms with E-state index in [1.807, 2.05) is 19.1 Å². The van der Waals surface area contributed by atoms with Crippen molar-refractivity contribution in [2.24, 2.45) is 17.8 Å². The van der Waals surface area contributed by atoms with Gasteiger partial charge in [-0.25, -0.2) is 18.2 Å². The van der Waals surface area contributed by atoms with E-state index in [2.05, 4.69) is 21.9 Å². The van der Waals surface area contributed by atoms with Crippen LogP contribution in [0.4, 0.5) is 4.79 Å². The number of aromatic nitrogens is 1. The number of aryl methyl sites for hydroxylation is 1. The minimum Gasteiger partial charge on any atom is -0.496 e. The molecule has 4 saturated carbocycles. The van der Waals surface area contributed by atoms with Gasteiger partial charge in [-0.05, 0) is 101 Å². The van der Waals surface area contributed by atoms with Gasteiger partial charge in [-0.2, -0.15) is 0 Å². The van der Waals surface area contributed by atoms with Crippen molar-refractivity contribution in [2.45, 2.75) is 132 Å². The summed E-state index contributed by atoms with van der Waals surface area (Å²) in [6.45, 7) is 6.04. The molecule has 1 saturated heterocycles. The highest BCUT2D eigenvalue weighted by Crippen LogP contribution is 2.46. The number of hydrogen-bond donors (Lipinski definition) is 3. The summed E-state index contributed by atoms with van der Waals surface area (Å²) in [6, 6.07) is 3.54. The number of sulfonamides is 1. The average molecular weight is 822 g/mol. The van der Waals surface area contributed by atoms with Crippen LogP contribution >= 0.6 is 0 Å². The molecule has 58 heavy (non-hydrogen) atoms. The summed E-state index contributed by atoms with van der Waals surface area (Å²) >= 11 is 0. The number of benzene rings is 1. The van der Waals surface area contributed by atoms with Crippen molar-refractivity contribution in [3.8, 4) is 17.4 Å². The normalized spacial score (nSPS) is 30.3. The SMILES string of the molecule is C=C[C@H]1C[C@]1(NC(=O)[C@@H]1C[C@@H]2CN1C(=O)[C@H](C1CCCC1)NC(=O)O[C@@H]1CCC[C@@H]1CCCc1cc3c(cc(OCC)nc3cc1OC)O2)C(=O)NS(=O)(=O)C1CC1. The molecule has 4 amide bonds. The van der Waals surface area contributed by atoms with Crippen molar-refractivity contribution in [2.75, 3.05) is 20.3 Å². The number of amides is 4. The second-order valence-electron chi connectivity index (χ2n) is 16.9. The number of fused-ring (bicyclic) bond motifs is 4. The van der Waals surface area contributed by atoms with E-state index in [4.69, 9.17) is 23.9 Å². The molecule has 3 heterocycles. The third kappa shape index (κ3) is 8.04. The maximum Gasteiger partial charge on any atom is 0.408 e. The van der Waals surface area contributed by atoms with E-state index in [0.29, 0.717) is 48.8 Å². The van der Waals surface area contributed by atoms with Crippen LogP contribution in [0.3, 0.4) is 0 Å². The second kappa shape index (κ2) is 16.2. The van der Waals surface area contributed by atoms with Crippen LogP contribution in [0, 0.1) is 17.8 Å². The van der Waals surface area contributed by atoms with Crippen molar-refractivity contribution in [1.29, 1.82) is 0 Å². The van der Waals surface area contributed by atoms with Gasteiger partial charge in [-0.3, -0.25) is 19.1 Å². The summed E-state index contributed by atoms with van der Waals surface area (Å²) in [5.41, 5.74) is 0.0190. The molecular weight excluding hydrogens is 767 g/mol. The minimum atomic E-state index is -3.90. The number of nitrogens with zero attached hydrogens (tertiary/aromatic N) is 2. The van der Waals surface area contributed by atoms with Crippen LogP contribution in [-0.4, -0.2) is 97.5 Å². The molecule has 0 radical (unpaired) electrons. The topological polar surface area (TPSA) is 192 Å². The predicted octanol–water partition coefficient (Wildman–Crippen LogP) is 4.45. The third-order valence-corrected chi connectivity index (χ3v) is 14.9. The molecule has 16 heteroatoms. The number of nitrogens with one attached hydrogen (secondary N) is 3. The van der Waals surface area contributed by atoms with Gasteiger partial charge in [0.15, 0.2) is 0 Å². The van der Waals surface area contributed by atoms with Crippen LogP contribution in [0.15, 0.2) is 30.9 Å². The Balaban J connectivity index is 1.16. The summed E-state index contributed by atoms with van der Waals surface area (Å²) < 4.78 is 52.4. The van der Waals surface area contributed by atoms with Crippen LogP contribution in [0.25, 0.3) is 10.9 Å². The Hall–Kier alpha value is -4.60. The van der Waals surface area contributed by atoms with Crippen LogP contribution in [0.2, 0.25) is 0 Å². The fourth-order valence-corrected chi connectivity index (χ4v) is 11.1. The largest absolute Gasteiger partial charge is 0.496 e. The highest BCUT2D eigenvalue weighted by Gasteiger charge is 2.62. The molecular formula is C42H55N5O10S. The van der Waals surface area contributed by atoms with Gasteiger partial charge in [0.25, 0.3) is 5.91 Å². The quantitative estimate of drug-likeness (QED) is 0.287. The van der Waals surface area contributed by atoms with Crippen molar-refractivity contribution < 1.29 is 46.5 Å². The molecule has 5 fully saturated rings. The zero-order valence-electron chi connectivity index (χ0n) is 33.3. The number of rotatable bonds is 10. The Kier molecular flexibility index (Phi) is 11.2. The number of methoxy groups -OCH3 is 1. The number of hydrogen-bond acceptors (Lipinski definition) is 11. The number of ether oxygens (including phenoxy) is 4. The second-order valence-corrected chi connectivity index (χ2v) is 18.9. The molecule has 2 aromatic rings. The Morgan fingerprint density at radius 1 is 1.03 bits per heavy atom. The fraction of sp³-hybridized carbons (Fsp3) is 0.643. The summed E-state index contributed by atoms with van der Waals surface area (Å²) in [5, 5.41) is 5.90. The Bertz CT molecular complexity index is 2070. The van der Waals surface area contributed by atoms with Gasteiger partial charge < -0.3 is 34.5 Å². The summed E-state index contributed by atoms with van der Waals surface area (Å²) in [7, 11) is -2.28. The molecule has 7 atom stereocenters. The van der Waals surface area contributed by atoms with Gasteiger partial charge in [0.1, 0.15) is 41.3 Å². The average Bonchev–Trinajstić information content (AvgIpc) is 3.99. The first-order valence-electron chi connectivity index (χ1n) is 21.0. The number of alkyl carbamates (subject to hydrolysis) is 1. The molecule has 8 rings (SSSR count). The smallest absolute Gasteiger partial charge is 0.408 e. The molecule has 4 bridgehead atoms. The van der Waals surface area contributed by atoms with Crippen LogP contribution in [0.5, 0.6) is 17.4 Å². The van der Waals surface area contributed by atoms with E-state index in [1.165, 1.54) is 11.0 Å². The number of carbonyl (C=O) groups is 4. The lowest BCUT2D eigenvalue weighted by molar-refractivity contribution is -0.142. The van der Waals surface area contributed by atoms with Crippen LogP contribution < -0.4 is 29.6 Å². The molecule has 314 valence electrons. The van der Waals surface area contributed by atoms with Crippen molar-refractivity contribution in [1.82, 2.24) is 25.2 Å². The minimum absolute atomic E-state index is 0.00148. The van der Waals surface area contributed by atoms with E-state index in [1.54, 1.807) is 13.2 Å². The van der Waals surface area contributed by atoms with Crippen LogP contribution in [0.1, 0.15) is 96.0 Å². The highest BCUT2D eigenvalue weighted by atomic mass is 32.2. The van der Waals surface area contributed by atoms with Gasteiger partial charge >= 0.3 is 6.09 Å². The standard InChI is InChI=1S/C42H55N5O10S/c1-4-27-22-42(27,40(50)46-58(52,53)29-16-17-29)45-38(48)32-19-28-23-47(32)39(49)37(25-10-6-7-11-25)44-41(51)57-33-15-9-13-24(33)12-8-14-26-18-30-31(20-34(26)54-3)43-36(55-5-2)21-35(30)56-28/h4,18,20-21,24-25,27-29,32-33,37H,1,5-17,19,22-23H2,2-3H3,(H,44,51)(H,45,48)(H,46,50)/t24-,27-,28+,32-,33+,37-,42+/m0/s1. The predicted molar refractivity (Wildman–Crippen MR) is 213 cm³/mol. The van der Waals surface area contributed by atoms with E-state index >= 15 is 0 Å². The molecule has 15 nitrogen and oxygen atoms in total. The Morgan fingerprint density at radius 2 is 1.79 bits per heavy atom. The zero-order chi connectivity index (χ0) is 40.8. The van der Waals surface area contributed by atoms with E-state index in [-0.39, 0.29) is 37.3 Å². The molecule has 2 aliphatic heterocycles. The summed E-state index contributed by atoms with van der Waals surface area (Å²) in [6.07, 6.45) is 9.30. The molecule has 3 N–H and O–H groups in total. The summed E-state index contributed by atoms with van der Waals surface area (Å²) in [5.74, 6) is -0.908. The molecule has 0 spiro atoms. The van der Waals surface area contributed by atoms with E-state index in [0.717, 1.165) is 68.7 Å². The van der Waals surface area contributed by atoms with Gasteiger partial charge in [0.2, 0.25) is 27.7 Å². The first-order chi connectivity index (χ1) is 27.9. The lowest BCUT2D eigenvalue weighted by atomic mass is 9.95. The molecule has 4 aliphatic carbocycles. The third-order valence-electron chi connectivity index (χ3n) is 13.1. The van der Waals surface area contributed by atoms with Crippen LogP contribution in [-0.2, 0) is 35.6 Å². The summed E-state index contributed by atoms with van der Waals surface area (Å²) in [4.78, 5) is 63.0. The van der Waals surface area contributed by atoms with E-state index < -0.39 is 68.7 Å². The monoisotopic (exact) mass is 821 g/mol. The van der Waals surface area contributed by atoms with Crippen molar-refractivity contribution in [3.05, 3.63) is 36.4 Å². The maximum absolute atomic E-state index is 14.9. The molecule has 0 unspecified atom stereocenters. The first kappa shape index (κ1) is 40.2. The van der Waals surface area contributed by atoms with Gasteiger partial charge in [-0.1, -0.05) is 18.9 Å². The highest BCUT2D eigenvalue weighted by molar-refractivity contribution is 7.91. The Morgan fingerprint density at radius 3 is 2.50 bits per heavy atom. The van der Waals surface area contributed by atoms with Crippen molar-refractivity contribution >= 4 is 44.7 Å². The zero-order valence-corrected chi connectivity index (χ0v) is 34.2. The lowest BCUT2D eigenvalue weighted by Gasteiger charge is -2.32. The van der Waals surface area contributed by atoms with Crippen molar-refractivity contribution in [3.63, 3.8) is 0 Å². The fourth-order valence-electron chi connectivity index (χ4n) is 9.71. The van der Waals surface area contributed by atoms with E-state index in [9.17, 15) is 27.6 Å². The molecule has 6 aliphatic rings. The number of pyridine rings is 1. The number of carbonyl (C=O) groups excluding carboxylic acids is 4. The van der Waals surface area contributed by atoms with Gasteiger partial charge in [0, 0.05) is 29.9 Å².